The standard InChI is InChI=1S/C18H21NO4S/c1-3-13-4-7-17(8-5-13)24(20,21)19-15-10-14-11-16(22-2)6-9-18(14)23-12-15/h4-9,11,15,19H,3,10,12H2,1-2H3. The number of fused-ring (bicyclic) bond motifs is 1. The average molecular weight is 347 g/mol. The summed E-state index contributed by atoms with van der Waals surface area (Å²) >= 11 is 0. The summed E-state index contributed by atoms with van der Waals surface area (Å²) in [6, 6.07) is 12.2. The number of methoxy groups -OCH3 is 1. The van der Waals surface area contributed by atoms with E-state index >= 15 is 0 Å². The van der Waals surface area contributed by atoms with Crippen molar-refractivity contribution in [3.8, 4) is 11.5 Å². The first kappa shape index (κ1) is 16.8. The zero-order valence-corrected chi connectivity index (χ0v) is 14.6. The van der Waals surface area contributed by atoms with E-state index in [1.807, 2.05) is 37.3 Å². The van der Waals surface area contributed by atoms with E-state index < -0.39 is 10.0 Å². The highest BCUT2D eigenvalue weighted by Gasteiger charge is 2.25. The molecule has 0 radical (unpaired) electrons. The predicted octanol–water partition coefficient (Wildman–Crippen LogP) is 2.54. The van der Waals surface area contributed by atoms with Crippen molar-refractivity contribution in [2.24, 2.45) is 0 Å². The smallest absolute Gasteiger partial charge is 0.240 e. The molecule has 0 saturated heterocycles. The van der Waals surface area contributed by atoms with E-state index in [1.54, 1.807) is 19.2 Å². The van der Waals surface area contributed by atoms with Crippen LogP contribution >= 0.6 is 0 Å². The van der Waals surface area contributed by atoms with Gasteiger partial charge in [-0.3, -0.25) is 0 Å². The largest absolute Gasteiger partial charge is 0.497 e. The molecular weight excluding hydrogens is 326 g/mol. The summed E-state index contributed by atoms with van der Waals surface area (Å²) < 4.78 is 38.7. The number of benzene rings is 2. The van der Waals surface area contributed by atoms with Crippen LogP contribution in [0.1, 0.15) is 18.1 Å². The van der Waals surface area contributed by atoms with Crippen LogP contribution in [0, 0.1) is 0 Å². The first-order valence-corrected chi connectivity index (χ1v) is 9.41. The van der Waals surface area contributed by atoms with Crippen molar-refractivity contribution in [1.29, 1.82) is 0 Å². The maximum absolute atomic E-state index is 12.5. The first-order chi connectivity index (χ1) is 11.5. The van der Waals surface area contributed by atoms with Crippen LogP contribution in [0.2, 0.25) is 0 Å². The number of hydrogen-bond acceptors (Lipinski definition) is 4. The van der Waals surface area contributed by atoms with Gasteiger partial charge in [0.25, 0.3) is 0 Å². The lowest BCUT2D eigenvalue weighted by Crippen LogP contribution is -2.42. The molecule has 1 aliphatic heterocycles. The fraction of sp³-hybridized carbons (Fsp3) is 0.333. The molecule has 128 valence electrons. The second-order valence-corrected chi connectivity index (χ2v) is 7.52. The van der Waals surface area contributed by atoms with Gasteiger partial charge in [-0.2, -0.15) is 0 Å². The van der Waals surface area contributed by atoms with Gasteiger partial charge >= 0.3 is 0 Å². The van der Waals surface area contributed by atoms with Gasteiger partial charge in [0.1, 0.15) is 18.1 Å². The Morgan fingerprint density at radius 2 is 1.96 bits per heavy atom. The van der Waals surface area contributed by atoms with Crippen LogP contribution in [-0.4, -0.2) is 28.2 Å². The zero-order chi connectivity index (χ0) is 17.2. The molecule has 0 saturated carbocycles. The minimum atomic E-state index is -3.56. The Bertz CT molecular complexity index is 815. The summed E-state index contributed by atoms with van der Waals surface area (Å²) in [5.41, 5.74) is 2.05. The Kier molecular flexibility index (Phi) is 4.78. The Morgan fingerprint density at radius 3 is 2.62 bits per heavy atom. The van der Waals surface area contributed by atoms with Gasteiger partial charge in [-0.05, 0) is 54.3 Å². The second-order valence-electron chi connectivity index (χ2n) is 5.80. The van der Waals surface area contributed by atoms with Gasteiger partial charge in [-0.15, -0.1) is 0 Å². The van der Waals surface area contributed by atoms with Crippen molar-refractivity contribution in [2.45, 2.75) is 30.7 Å². The summed E-state index contributed by atoms with van der Waals surface area (Å²) in [5, 5.41) is 0. The molecule has 0 bridgehead atoms. The summed E-state index contributed by atoms with van der Waals surface area (Å²) in [5.74, 6) is 1.51. The lowest BCUT2D eigenvalue weighted by molar-refractivity contribution is 0.253. The maximum atomic E-state index is 12.5. The van der Waals surface area contributed by atoms with Crippen molar-refractivity contribution < 1.29 is 17.9 Å². The molecule has 1 N–H and O–H groups in total. The topological polar surface area (TPSA) is 64.6 Å². The van der Waals surface area contributed by atoms with Crippen LogP contribution in [0.25, 0.3) is 0 Å². The third-order valence-corrected chi connectivity index (χ3v) is 5.67. The molecule has 6 heteroatoms. The van der Waals surface area contributed by atoms with Gasteiger partial charge in [-0.25, -0.2) is 13.1 Å². The third-order valence-electron chi connectivity index (χ3n) is 4.14. The maximum Gasteiger partial charge on any atom is 0.240 e. The van der Waals surface area contributed by atoms with Gasteiger partial charge in [0.15, 0.2) is 0 Å². The van der Waals surface area contributed by atoms with Crippen LogP contribution < -0.4 is 14.2 Å². The molecule has 0 amide bonds. The van der Waals surface area contributed by atoms with Gasteiger partial charge in [0, 0.05) is 0 Å². The summed E-state index contributed by atoms with van der Waals surface area (Å²) in [6.07, 6.45) is 1.45. The minimum absolute atomic E-state index is 0.274. The SMILES string of the molecule is CCc1ccc(S(=O)(=O)NC2COc3ccc(OC)cc3C2)cc1. The number of sulfonamides is 1. The Balaban J connectivity index is 1.75. The van der Waals surface area contributed by atoms with Crippen molar-refractivity contribution in [1.82, 2.24) is 4.72 Å². The van der Waals surface area contributed by atoms with Gasteiger partial charge in [0.05, 0.1) is 18.0 Å². The van der Waals surface area contributed by atoms with E-state index in [4.69, 9.17) is 9.47 Å². The molecule has 0 spiro atoms. The van der Waals surface area contributed by atoms with Crippen molar-refractivity contribution in [2.75, 3.05) is 13.7 Å². The zero-order valence-electron chi connectivity index (χ0n) is 13.8. The number of aryl methyl sites for hydroxylation is 1. The monoisotopic (exact) mass is 347 g/mol. The van der Waals surface area contributed by atoms with Crippen LogP contribution in [0.4, 0.5) is 0 Å². The fourth-order valence-corrected chi connectivity index (χ4v) is 3.99. The highest BCUT2D eigenvalue weighted by atomic mass is 32.2. The molecule has 2 aromatic rings. The van der Waals surface area contributed by atoms with Crippen molar-refractivity contribution in [3.63, 3.8) is 0 Å². The Hall–Kier alpha value is -2.05. The molecule has 0 aliphatic carbocycles. The molecule has 5 nitrogen and oxygen atoms in total. The van der Waals surface area contributed by atoms with Crippen molar-refractivity contribution in [3.05, 3.63) is 53.6 Å². The molecule has 1 unspecified atom stereocenters. The normalized spacial score (nSPS) is 17.0. The number of rotatable bonds is 5. The van der Waals surface area contributed by atoms with E-state index in [9.17, 15) is 8.42 Å². The molecule has 24 heavy (non-hydrogen) atoms. The fourth-order valence-electron chi connectivity index (χ4n) is 2.77. The van der Waals surface area contributed by atoms with Crippen LogP contribution in [-0.2, 0) is 22.9 Å². The van der Waals surface area contributed by atoms with Crippen LogP contribution in [0.5, 0.6) is 11.5 Å². The van der Waals surface area contributed by atoms with Crippen molar-refractivity contribution >= 4 is 10.0 Å². The average Bonchev–Trinajstić information content (AvgIpc) is 2.60. The van der Waals surface area contributed by atoms with E-state index in [0.717, 1.165) is 29.0 Å². The van der Waals surface area contributed by atoms with Gasteiger partial charge in [-0.1, -0.05) is 19.1 Å². The second kappa shape index (κ2) is 6.83. The Labute approximate surface area is 142 Å². The summed E-state index contributed by atoms with van der Waals surface area (Å²) in [6.45, 7) is 2.35. The number of nitrogens with one attached hydrogen (secondary N) is 1. The highest BCUT2D eigenvalue weighted by Crippen LogP contribution is 2.29. The van der Waals surface area contributed by atoms with Crippen LogP contribution in [0.15, 0.2) is 47.4 Å². The molecule has 3 rings (SSSR count). The summed E-state index contributed by atoms with van der Waals surface area (Å²) in [7, 11) is -1.96. The molecule has 0 fully saturated rings. The van der Waals surface area contributed by atoms with Gasteiger partial charge < -0.3 is 9.47 Å². The lowest BCUT2D eigenvalue weighted by Gasteiger charge is -2.26. The minimum Gasteiger partial charge on any atom is -0.497 e. The first-order valence-electron chi connectivity index (χ1n) is 7.93. The molecule has 1 heterocycles. The van der Waals surface area contributed by atoms with E-state index in [-0.39, 0.29) is 10.9 Å². The highest BCUT2D eigenvalue weighted by molar-refractivity contribution is 7.89. The third kappa shape index (κ3) is 3.55. The Morgan fingerprint density at radius 1 is 1.21 bits per heavy atom. The molecule has 2 aromatic carbocycles. The number of ether oxygens (including phenoxy) is 2. The van der Waals surface area contributed by atoms with E-state index in [1.165, 1.54) is 0 Å². The van der Waals surface area contributed by atoms with E-state index in [2.05, 4.69) is 4.72 Å². The molecule has 1 atom stereocenters. The van der Waals surface area contributed by atoms with Crippen LogP contribution in [0.3, 0.4) is 0 Å². The molecule has 1 aliphatic rings. The predicted molar refractivity (Wildman–Crippen MR) is 92.1 cm³/mol. The summed E-state index contributed by atoms with van der Waals surface area (Å²) in [4.78, 5) is 0.274. The van der Waals surface area contributed by atoms with E-state index in [0.29, 0.717) is 13.0 Å². The number of hydrogen-bond donors (Lipinski definition) is 1. The lowest BCUT2D eigenvalue weighted by atomic mass is 10.0. The van der Waals surface area contributed by atoms with Gasteiger partial charge in [0.2, 0.25) is 10.0 Å². The molecule has 0 aromatic heterocycles. The quantitative estimate of drug-likeness (QED) is 0.903. The molecular formula is C18H21NO4S.